The van der Waals surface area contributed by atoms with Crippen molar-refractivity contribution in [2.45, 2.75) is 6.92 Å². The van der Waals surface area contributed by atoms with Crippen molar-refractivity contribution in [3.05, 3.63) is 34.4 Å². The molecule has 0 bridgehead atoms. The molecule has 20 heavy (non-hydrogen) atoms. The molecule has 3 heterocycles. The number of anilines is 1. The zero-order valence-corrected chi connectivity index (χ0v) is 11.9. The van der Waals surface area contributed by atoms with Crippen molar-refractivity contribution in [2.75, 3.05) is 24.5 Å². The molecule has 7 heteroatoms. The summed E-state index contributed by atoms with van der Waals surface area (Å²) in [5.74, 6) is 1.26. The highest BCUT2D eigenvalue weighted by molar-refractivity contribution is 7.07. The lowest BCUT2D eigenvalue weighted by atomic mass is 10.0. The first-order valence-corrected chi connectivity index (χ1v) is 7.38. The summed E-state index contributed by atoms with van der Waals surface area (Å²) in [4.78, 5) is 17.9. The number of carbonyl (C=O) groups is 1. The van der Waals surface area contributed by atoms with Gasteiger partial charge < -0.3 is 10.2 Å². The molecule has 0 unspecified atom stereocenters. The number of thiazole rings is 1. The van der Waals surface area contributed by atoms with Crippen molar-refractivity contribution in [1.82, 2.24) is 20.5 Å². The van der Waals surface area contributed by atoms with Crippen LogP contribution in [0.5, 0.6) is 0 Å². The minimum absolute atomic E-state index is 0.0974. The summed E-state index contributed by atoms with van der Waals surface area (Å²) >= 11 is 1.43. The second-order valence-corrected chi connectivity index (χ2v) is 5.61. The predicted octanol–water partition coefficient (Wildman–Crippen LogP) is 1.11. The second-order valence-electron chi connectivity index (χ2n) is 4.89. The van der Waals surface area contributed by atoms with Gasteiger partial charge >= 0.3 is 0 Å². The molecule has 1 aliphatic rings. The van der Waals surface area contributed by atoms with Crippen LogP contribution in [-0.2, 0) is 0 Å². The molecule has 1 saturated heterocycles. The molecule has 0 aliphatic carbocycles. The summed E-state index contributed by atoms with van der Waals surface area (Å²) in [6.45, 7) is 4.39. The summed E-state index contributed by atoms with van der Waals surface area (Å²) in [7, 11) is 0. The number of carbonyl (C=O) groups excluding carboxylic acids is 1. The molecule has 6 nitrogen and oxygen atoms in total. The Morgan fingerprint density at radius 1 is 1.45 bits per heavy atom. The van der Waals surface area contributed by atoms with E-state index >= 15 is 0 Å². The van der Waals surface area contributed by atoms with Gasteiger partial charge in [0.15, 0.2) is 5.82 Å². The Morgan fingerprint density at radius 2 is 2.30 bits per heavy atom. The molecule has 104 valence electrons. The molecule has 0 saturated carbocycles. The quantitative estimate of drug-likeness (QED) is 0.913. The molecule has 0 atom stereocenters. The number of hydrogen-bond acceptors (Lipinski definition) is 6. The van der Waals surface area contributed by atoms with Crippen LogP contribution >= 0.6 is 11.3 Å². The monoisotopic (exact) mass is 289 g/mol. The first-order chi connectivity index (χ1) is 9.72. The van der Waals surface area contributed by atoms with Gasteiger partial charge in [-0.2, -0.15) is 5.10 Å². The molecule has 0 aromatic carbocycles. The normalized spacial score (nSPS) is 14.9. The minimum atomic E-state index is -0.0974. The number of nitrogens with zero attached hydrogens (tertiary/aromatic N) is 4. The number of nitrogens with one attached hydrogen (secondary N) is 1. The van der Waals surface area contributed by atoms with E-state index in [1.807, 2.05) is 19.1 Å². The molecule has 1 N–H and O–H groups in total. The summed E-state index contributed by atoms with van der Waals surface area (Å²) in [6, 6.07) is 3.94. The maximum Gasteiger partial charge on any atom is 0.270 e. The van der Waals surface area contributed by atoms with Crippen LogP contribution in [0.3, 0.4) is 0 Å². The fourth-order valence-corrected chi connectivity index (χ4v) is 2.63. The molecule has 2 aromatic heterocycles. The number of aromatic nitrogens is 3. The summed E-state index contributed by atoms with van der Waals surface area (Å²) < 4.78 is 0. The Hall–Kier alpha value is -2.02. The molecule has 1 amide bonds. The molecule has 1 fully saturated rings. The van der Waals surface area contributed by atoms with E-state index in [9.17, 15) is 4.79 Å². The van der Waals surface area contributed by atoms with Crippen molar-refractivity contribution in [2.24, 2.45) is 5.92 Å². The van der Waals surface area contributed by atoms with Gasteiger partial charge in [0.2, 0.25) is 0 Å². The van der Waals surface area contributed by atoms with Gasteiger partial charge in [0.05, 0.1) is 11.2 Å². The van der Waals surface area contributed by atoms with E-state index in [-0.39, 0.29) is 5.91 Å². The van der Waals surface area contributed by atoms with Gasteiger partial charge in [-0.1, -0.05) is 0 Å². The summed E-state index contributed by atoms with van der Waals surface area (Å²) in [5.41, 5.74) is 3.08. The number of amides is 1. The fraction of sp³-hybridized carbons (Fsp3) is 0.385. The van der Waals surface area contributed by atoms with Gasteiger partial charge in [0, 0.05) is 30.9 Å². The highest BCUT2D eigenvalue weighted by Gasteiger charge is 2.28. The number of rotatable bonds is 4. The highest BCUT2D eigenvalue weighted by Crippen LogP contribution is 2.21. The van der Waals surface area contributed by atoms with Crippen LogP contribution < -0.4 is 10.2 Å². The maximum absolute atomic E-state index is 11.7. The zero-order chi connectivity index (χ0) is 13.9. The van der Waals surface area contributed by atoms with Gasteiger partial charge in [0.1, 0.15) is 5.69 Å². The Balaban J connectivity index is 1.44. The van der Waals surface area contributed by atoms with E-state index in [4.69, 9.17) is 0 Å². The lowest BCUT2D eigenvalue weighted by molar-refractivity contribution is 0.0940. The van der Waals surface area contributed by atoms with Crippen molar-refractivity contribution >= 4 is 23.1 Å². The Labute approximate surface area is 120 Å². The van der Waals surface area contributed by atoms with Gasteiger partial charge in [-0.3, -0.25) is 4.79 Å². The number of aryl methyl sites for hydroxylation is 1. The standard InChI is InChI=1S/C13H15N5OS/c1-9-2-3-12(17-16-9)18-5-10(6-18)4-14-13(19)11-7-20-8-15-11/h2-3,7-8,10H,4-6H2,1H3,(H,14,19). The van der Waals surface area contributed by atoms with Crippen LogP contribution in [0.15, 0.2) is 23.0 Å². The minimum Gasteiger partial charge on any atom is -0.354 e. The van der Waals surface area contributed by atoms with E-state index in [0.717, 1.165) is 24.6 Å². The topological polar surface area (TPSA) is 71.0 Å². The average Bonchev–Trinajstić information content (AvgIpc) is 2.92. The van der Waals surface area contributed by atoms with Crippen LogP contribution in [-0.4, -0.2) is 40.7 Å². The number of hydrogen-bond donors (Lipinski definition) is 1. The SMILES string of the molecule is Cc1ccc(N2CC(CNC(=O)c3cscn3)C2)nn1. The molecule has 0 radical (unpaired) electrons. The third-order valence-corrected chi connectivity index (χ3v) is 3.87. The molecular weight excluding hydrogens is 274 g/mol. The van der Waals surface area contributed by atoms with Gasteiger partial charge in [-0.25, -0.2) is 4.98 Å². The van der Waals surface area contributed by atoms with E-state index in [1.54, 1.807) is 10.9 Å². The van der Waals surface area contributed by atoms with Crippen molar-refractivity contribution < 1.29 is 4.79 Å². The van der Waals surface area contributed by atoms with Crippen molar-refractivity contribution in [1.29, 1.82) is 0 Å². The van der Waals surface area contributed by atoms with Crippen LogP contribution in [0.1, 0.15) is 16.2 Å². The molecule has 3 rings (SSSR count). The third kappa shape index (κ3) is 2.77. The smallest absolute Gasteiger partial charge is 0.270 e. The van der Waals surface area contributed by atoms with Gasteiger partial charge in [0.25, 0.3) is 5.91 Å². The van der Waals surface area contributed by atoms with Gasteiger partial charge in [-0.05, 0) is 19.1 Å². The van der Waals surface area contributed by atoms with E-state index in [1.165, 1.54) is 11.3 Å². The first-order valence-electron chi connectivity index (χ1n) is 6.44. The highest BCUT2D eigenvalue weighted by atomic mass is 32.1. The molecule has 0 spiro atoms. The fourth-order valence-electron chi connectivity index (χ4n) is 2.10. The van der Waals surface area contributed by atoms with E-state index in [2.05, 4.69) is 25.4 Å². The lowest BCUT2D eigenvalue weighted by Gasteiger charge is -2.39. The zero-order valence-electron chi connectivity index (χ0n) is 11.1. The Kier molecular flexibility index (Phi) is 3.60. The summed E-state index contributed by atoms with van der Waals surface area (Å²) in [6.07, 6.45) is 0. The van der Waals surface area contributed by atoms with Crippen molar-refractivity contribution in [3.63, 3.8) is 0 Å². The second kappa shape index (κ2) is 5.54. The average molecular weight is 289 g/mol. The van der Waals surface area contributed by atoms with Crippen LogP contribution in [0.25, 0.3) is 0 Å². The third-order valence-electron chi connectivity index (χ3n) is 3.28. The van der Waals surface area contributed by atoms with Crippen LogP contribution in [0, 0.1) is 12.8 Å². The molecule has 2 aromatic rings. The molecule has 1 aliphatic heterocycles. The van der Waals surface area contributed by atoms with Crippen molar-refractivity contribution in [3.8, 4) is 0 Å². The van der Waals surface area contributed by atoms with E-state index < -0.39 is 0 Å². The largest absolute Gasteiger partial charge is 0.354 e. The molecular formula is C13H15N5OS. The van der Waals surface area contributed by atoms with E-state index in [0.29, 0.717) is 18.2 Å². The van der Waals surface area contributed by atoms with Gasteiger partial charge in [-0.15, -0.1) is 16.4 Å². The lowest BCUT2D eigenvalue weighted by Crippen LogP contribution is -2.52. The van der Waals surface area contributed by atoms with Crippen LogP contribution in [0.2, 0.25) is 0 Å². The van der Waals surface area contributed by atoms with Crippen LogP contribution in [0.4, 0.5) is 5.82 Å². The summed E-state index contributed by atoms with van der Waals surface area (Å²) in [5, 5.41) is 12.9. The Bertz CT molecular complexity index is 577. The first kappa shape index (κ1) is 13.0. The Morgan fingerprint density at radius 3 is 2.95 bits per heavy atom. The predicted molar refractivity (Wildman–Crippen MR) is 76.9 cm³/mol. The maximum atomic E-state index is 11.7.